The molecule has 0 saturated heterocycles. The molecule has 1 aromatic heterocycles. The SMILES string of the molecule is O=C(Nc1cc(Oc2ccc(Cl)cc2)cc([N+](=O)[O-])c1)c1ccnn1COc1ccc(Cl)cc1. The molecule has 0 bridgehead atoms. The minimum absolute atomic E-state index is 0.0305. The van der Waals surface area contributed by atoms with Gasteiger partial charge in [0.2, 0.25) is 0 Å². The maximum absolute atomic E-state index is 12.9. The van der Waals surface area contributed by atoms with E-state index >= 15 is 0 Å². The van der Waals surface area contributed by atoms with Crippen LogP contribution in [0.4, 0.5) is 11.4 Å². The second kappa shape index (κ2) is 10.2. The van der Waals surface area contributed by atoms with Gasteiger partial charge >= 0.3 is 0 Å². The zero-order chi connectivity index (χ0) is 24.1. The highest BCUT2D eigenvalue weighted by Crippen LogP contribution is 2.30. The summed E-state index contributed by atoms with van der Waals surface area (Å²) in [5.41, 5.74) is 0.122. The molecule has 4 aromatic rings. The molecule has 4 rings (SSSR count). The first kappa shape index (κ1) is 23.1. The van der Waals surface area contributed by atoms with Gasteiger partial charge in [0.15, 0.2) is 6.73 Å². The molecule has 0 aliphatic heterocycles. The molecule has 0 radical (unpaired) electrons. The highest BCUT2D eigenvalue weighted by molar-refractivity contribution is 6.30. The molecule has 3 aromatic carbocycles. The number of halogens is 2. The van der Waals surface area contributed by atoms with E-state index in [1.807, 2.05) is 0 Å². The zero-order valence-corrected chi connectivity index (χ0v) is 18.9. The van der Waals surface area contributed by atoms with Crippen LogP contribution in [-0.2, 0) is 6.73 Å². The lowest BCUT2D eigenvalue weighted by Gasteiger charge is -2.11. The molecule has 0 aliphatic rings. The zero-order valence-electron chi connectivity index (χ0n) is 17.4. The maximum Gasteiger partial charge on any atom is 0.275 e. The quantitative estimate of drug-likeness (QED) is 0.229. The van der Waals surface area contributed by atoms with Crippen molar-refractivity contribution >= 4 is 40.5 Å². The van der Waals surface area contributed by atoms with Gasteiger partial charge in [0, 0.05) is 28.4 Å². The molecule has 0 spiro atoms. The number of benzene rings is 3. The molecule has 1 amide bonds. The third kappa shape index (κ3) is 5.83. The second-order valence-electron chi connectivity index (χ2n) is 6.93. The Balaban J connectivity index is 1.50. The Labute approximate surface area is 203 Å². The number of hydrogen-bond donors (Lipinski definition) is 1. The van der Waals surface area contributed by atoms with Gasteiger partial charge in [-0.2, -0.15) is 5.10 Å². The first-order valence-corrected chi connectivity index (χ1v) is 10.6. The standard InChI is InChI=1S/C23H16Cl2N4O5/c24-15-1-5-19(6-2-15)33-14-28-22(9-10-26-28)23(30)27-17-11-18(29(31)32)13-21(12-17)34-20-7-3-16(25)4-8-20/h1-13H,14H2,(H,27,30). The van der Waals surface area contributed by atoms with Crippen LogP contribution in [0.15, 0.2) is 79.0 Å². The first-order chi connectivity index (χ1) is 16.4. The van der Waals surface area contributed by atoms with E-state index in [4.69, 9.17) is 32.7 Å². The van der Waals surface area contributed by atoms with Gasteiger partial charge < -0.3 is 14.8 Å². The summed E-state index contributed by atoms with van der Waals surface area (Å²) >= 11 is 11.7. The average molecular weight is 499 g/mol. The van der Waals surface area contributed by atoms with E-state index in [9.17, 15) is 14.9 Å². The van der Waals surface area contributed by atoms with Crippen molar-refractivity contribution in [2.75, 3.05) is 5.32 Å². The Morgan fingerprint density at radius 1 is 0.941 bits per heavy atom. The van der Waals surface area contributed by atoms with Crippen LogP contribution in [0.3, 0.4) is 0 Å². The van der Waals surface area contributed by atoms with Crippen molar-refractivity contribution in [3.63, 3.8) is 0 Å². The van der Waals surface area contributed by atoms with Gasteiger partial charge in [-0.25, -0.2) is 4.68 Å². The van der Waals surface area contributed by atoms with Crippen molar-refractivity contribution in [3.8, 4) is 17.2 Å². The van der Waals surface area contributed by atoms with Crippen molar-refractivity contribution in [1.29, 1.82) is 0 Å². The van der Waals surface area contributed by atoms with Gasteiger partial charge in [-0.05, 0) is 54.6 Å². The second-order valence-corrected chi connectivity index (χ2v) is 7.80. The molecule has 0 unspecified atom stereocenters. The summed E-state index contributed by atoms with van der Waals surface area (Å²) in [7, 11) is 0. The highest BCUT2D eigenvalue weighted by Gasteiger charge is 2.17. The molecule has 34 heavy (non-hydrogen) atoms. The molecule has 0 fully saturated rings. The lowest BCUT2D eigenvalue weighted by molar-refractivity contribution is -0.384. The maximum atomic E-state index is 12.9. The van der Waals surface area contributed by atoms with E-state index < -0.39 is 10.8 Å². The number of nitrogens with zero attached hydrogens (tertiary/aromatic N) is 3. The summed E-state index contributed by atoms with van der Waals surface area (Å²) in [6.45, 7) is -0.0305. The van der Waals surface area contributed by atoms with Gasteiger partial charge in [-0.1, -0.05) is 23.2 Å². The van der Waals surface area contributed by atoms with E-state index in [-0.39, 0.29) is 29.5 Å². The molecule has 11 heteroatoms. The van der Waals surface area contributed by atoms with Crippen LogP contribution in [-0.4, -0.2) is 20.6 Å². The van der Waals surface area contributed by atoms with Crippen molar-refractivity contribution in [2.24, 2.45) is 0 Å². The molecule has 0 atom stereocenters. The van der Waals surface area contributed by atoms with Crippen LogP contribution in [0.1, 0.15) is 10.5 Å². The van der Waals surface area contributed by atoms with E-state index in [1.54, 1.807) is 48.5 Å². The number of amides is 1. The van der Waals surface area contributed by atoms with Crippen molar-refractivity contribution in [1.82, 2.24) is 9.78 Å². The van der Waals surface area contributed by atoms with Gasteiger partial charge in [-0.3, -0.25) is 14.9 Å². The number of carbonyl (C=O) groups is 1. The van der Waals surface area contributed by atoms with E-state index in [0.717, 1.165) is 0 Å². The Bertz CT molecular complexity index is 1320. The fraction of sp³-hybridized carbons (Fsp3) is 0.0435. The number of rotatable bonds is 8. The Morgan fingerprint density at radius 2 is 1.59 bits per heavy atom. The number of anilines is 1. The van der Waals surface area contributed by atoms with Crippen LogP contribution in [0, 0.1) is 10.1 Å². The number of non-ortho nitro benzene ring substituents is 1. The summed E-state index contributed by atoms with van der Waals surface area (Å²) in [5, 5.41) is 19.2. The van der Waals surface area contributed by atoms with E-state index in [1.165, 1.54) is 35.1 Å². The average Bonchev–Trinajstić information content (AvgIpc) is 3.29. The van der Waals surface area contributed by atoms with E-state index in [0.29, 0.717) is 21.5 Å². The predicted octanol–water partition coefficient (Wildman–Crippen LogP) is 6.18. The van der Waals surface area contributed by atoms with Crippen LogP contribution < -0.4 is 14.8 Å². The molecule has 0 aliphatic carbocycles. The first-order valence-electron chi connectivity index (χ1n) is 9.82. The third-order valence-corrected chi connectivity index (χ3v) is 5.03. The van der Waals surface area contributed by atoms with Crippen molar-refractivity contribution in [3.05, 3.63) is 105 Å². The fourth-order valence-corrected chi connectivity index (χ4v) is 3.20. The topological polar surface area (TPSA) is 109 Å². The number of aromatic nitrogens is 2. The Kier molecular flexibility index (Phi) is 6.95. The van der Waals surface area contributed by atoms with Crippen molar-refractivity contribution < 1.29 is 19.2 Å². The molecule has 0 saturated carbocycles. The lowest BCUT2D eigenvalue weighted by atomic mass is 10.2. The van der Waals surface area contributed by atoms with Crippen LogP contribution >= 0.6 is 23.2 Å². The van der Waals surface area contributed by atoms with Crippen LogP contribution in [0.2, 0.25) is 10.0 Å². The molecular formula is C23H16Cl2N4O5. The number of nitro benzene ring substituents is 1. The van der Waals surface area contributed by atoms with Gasteiger partial charge in [0.05, 0.1) is 16.7 Å². The van der Waals surface area contributed by atoms with Crippen LogP contribution in [0.5, 0.6) is 17.2 Å². The van der Waals surface area contributed by atoms with Crippen LogP contribution in [0.25, 0.3) is 0 Å². The van der Waals surface area contributed by atoms with Gasteiger partial charge in [-0.15, -0.1) is 0 Å². The number of carbonyl (C=O) groups excluding carboxylic acids is 1. The molecule has 9 nitrogen and oxygen atoms in total. The molecule has 1 heterocycles. The third-order valence-electron chi connectivity index (χ3n) is 4.53. The van der Waals surface area contributed by atoms with Gasteiger partial charge in [0.1, 0.15) is 22.9 Å². The fourth-order valence-electron chi connectivity index (χ4n) is 2.95. The molecule has 172 valence electrons. The Hall–Kier alpha value is -4.08. The molecule has 1 N–H and O–H groups in total. The summed E-state index contributed by atoms with van der Waals surface area (Å²) in [4.78, 5) is 23.7. The van der Waals surface area contributed by atoms with E-state index in [2.05, 4.69) is 10.4 Å². The van der Waals surface area contributed by atoms with Gasteiger partial charge in [0.25, 0.3) is 11.6 Å². The lowest BCUT2D eigenvalue weighted by Crippen LogP contribution is -2.19. The predicted molar refractivity (Wildman–Crippen MR) is 127 cm³/mol. The Morgan fingerprint density at radius 3 is 2.24 bits per heavy atom. The summed E-state index contributed by atoms with van der Waals surface area (Å²) < 4.78 is 12.7. The smallest absolute Gasteiger partial charge is 0.275 e. The number of nitrogens with one attached hydrogen (secondary N) is 1. The largest absolute Gasteiger partial charge is 0.471 e. The summed E-state index contributed by atoms with van der Waals surface area (Å²) in [6.07, 6.45) is 1.45. The minimum atomic E-state index is -0.575. The normalized spacial score (nSPS) is 10.5. The van der Waals surface area contributed by atoms with Crippen molar-refractivity contribution in [2.45, 2.75) is 6.73 Å². The number of nitro groups is 1. The minimum Gasteiger partial charge on any atom is -0.471 e. The monoisotopic (exact) mass is 498 g/mol. The summed E-state index contributed by atoms with van der Waals surface area (Å²) in [5.74, 6) is 0.620. The highest BCUT2D eigenvalue weighted by atomic mass is 35.5. The summed E-state index contributed by atoms with van der Waals surface area (Å²) in [6, 6.07) is 18.7. The molecular weight excluding hydrogens is 483 g/mol. The number of ether oxygens (including phenoxy) is 2. The number of hydrogen-bond acceptors (Lipinski definition) is 6.